The Hall–Kier alpha value is -1.55. The van der Waals surface area contributed by atoms with Crippen LogP contribution >= 0.6 is 0 Å². The van der Waals surface area contributed by atoms with Crippen LogP contribution in [0.2, 0.25) is 0 Å². The van der Waals surface area contributed by atoms with Gasteiger partial charge in [0, 0.05) is 38.4 Å². The van der Waals surface area contributed by atoms with Gasteiger partial charge in [-0.2, -0.15) is 0 Å². The number of hydrogen-bond acceptors (Lipinski definition) is 3. The molecule has 3 rings (SSSR count). The summed E-state index contributed by atoms with van der Waals surface area (Å²) in [7, 11) is 0. The van der Waals surface area contributed by atoms with E-state index in [1.807, 2.05) is 4.90 Å². The van der Waals surface area contributed by atoms with Gasteiger partial charge in [-0.25, -0.2) is 0 Å². The van der Waals surface area contributed by atoms with Crippen molar-refractivity contribution in [3.63, 3.8) is 0 Å². The molecule has 1 aromatic rings. The molecule has 20 heavy (non-hydrogen) atoms. The number of rotatable bonds is 3. The summed E-state index contributed by atoms with van der Waals surface area (Å²) in [6, 6.07) is 8.44. The number of aryl methyl sites for hydroxylation is 1. The molecule has 1 amide bonds. The van der Waals surface area contributed by atoms with Crippen LogP contribution in [0.25, 0.3) is 0 Å². The van der Waals surface area contributed by atoms with Gasteiger partial charge in [0.15, 0.2) is 0 Å². The van der Waals surface area contributed by atoms with Crippen LogP contribution in [0.1, 0.15) is 18.4 Å². The van der Waals surface area contributed by atoms with Gasteiger partial charge < -0.3 is 15.5 Å². The minimum atomic E-state index is -0.204. The molecular weight excluding hydrogens is 250 g/mol. The average molecular weight is 273 g/mol. The second-order valence-corrected chi connectivity index (χ2v) is 6.05. The van der Waals surface area contributed by atoms with E-state index in [-0.39, 0.29) is 11.3 Å². The molecule has 1 aliphatic heterocycles. The molecule has 1 heterocycles. The number of piperazine rings is 1. The van der Waals surface area contributed by atoms with Crippen molar-refractivity contribution in [3.8, 4) is 0 Å². The summed E-state index contributed by atoms with van der Waals surface area (Å²) in [5, 5.41) is 0. The molecule has 2 aliphatic rings. The molecule has 0 radical (unpaired) electrons. The Kier molecular flexibility index (Phi) is 3.42. The summed E-state index contributed by atoms with van der Waals surface area (Å²) in [5.74, 6) is 0.282. The lowest BCUT2D eigenvalue weighted by Crippen LogP contribution is -2.52. The molecule has 0 atom stereocenters. The molecule has 1 aromatic carbocycles. The lowest BCUT2D eigenvalue weighted by atomic mass is 10.1. The summed E-state index contributed by atoms with van der Waals surface area (Å²) in [5.41, 5.74) is 8.14. The maximum Gasteiger partial charge on any atom is 0.230 e. The highest BCUT2D eigenvalue weighted by Crippen LogP contribution is 2.46. The Morgan fingerprint density at radius 3 is 2.40 bits per heavy atom. The average Bonchev–Trinajstić information content (AvgIpc) is 3.28. The monoisotopic (exact) mass is 273 g/mol. The van der Waals surface area contributed by atoms with E-state index in [4.69, 9.17) is 5.73 Å². The largest absolute Gasteiger partial charge is 0.368 e. The number of nitrogens with zero attached hydrogens (tertiary/aromatic N) is 2. The van der Waals surface area contributed by atoms with E-state index < -0.39 is 0 Å². The number of hydrogen-bond donors (Lipinski definition) is 1. The van der Waals surface area contributed by atoms with Gasteiger partial charge in [-0.1, -0.05) is 18.2 Å². The zero-order chi connectivity index (χ0) is 14.2. The van der Waals surface area contributed by atoms with Crippen molar-refractivity contribution in [2.24, 2.45) is 11.1 Å². The smallest absolute Gasteiger partial charge is 0.230 e. The van der Waals surface area contributed by atoms with Gasteiger partial charge in [0.05, 0.1) is 5.41 Å². The molecule has 1 saturated heterocycles. The number of amides is 1. The zero-order valence-corrected chi connectivity index (χ0v) is 12.1. The summed E-state index contributed by atoms with van der Waals surface area (Å²) in [6.07, 6.45) is 1.95. The van der Waals surface area contributed by atoms with Crippen molar-refractivity contribution in [1.82, 2.24) is 4.90 Å². The molecule has 108 valence electrons. The van der Waals surface area contributed by atoms with E-state index >= 15 is 0 Å². The molecule has 1 saturated carbocycles. The first kappa shape index (κ1) is 13.4. The van der Waals surface area contributed by atoms with Crippen LogP contribution < -0.4 is 10.6 Å². The Balaban J connectivity index is 1.63. The number of nitrogens with two attached hydrogens (primary N) is 1. The molecule has 0 spiro atoms. The number of carbonyl (C=O) groups is 1. The maximum atomic E-state index is 12.5. The van der Waals surface area contributed by atoms with Crippen LogP contribution in [-0.2, 0) is 4.79 Å². The minimum Gasteiger partial charge on any atom is -0.368 e. The van der Waals surface area contributed by atoms with Gasteiger partial charge in [-0.3, -0.25) is 4.79 Å². The summed E-state index contributed by atoms with van der Waals surface area (Å²) < 4.78 is 0. The van der Waals surface area contributed by atoms with Gasteiger partial charge in [0.1, 0.15) is 0 Å². The molecule has 2 N–H and O–H groups in total. The van der Waals surface area contributed by atoms with Crippen LogP contribution in [0.15, 0.2) is 24.3 Å². The van der Waals surface area contributed by atoms with Crippen LogP contribution in [-0.4, -0.2) is 43.5 Å². The molecule has 0 aromatic heterocycles. The van der Waals surface area contributed by atoms with E-state index in [0.717, 1.165) is 39.0 Å². The van der Waals surface area contributed by atoms with Gasteiger partial charge in [0.2, 0.25) is 5.91 Å². The van der Waals surface area contributed by atoms with E-state index in [0.29, 0.717) is 6.54 Å². The van der Waals surface area contributed by atoms with Crippen molar-refractivity contribution in [1.29, 1.82) is 0 Å². The molecule has 4 nitrogen and oxygen atoms in total. The fourth-order valence-electron chi connectivity index (χ4n) is 3.06. The molecule has 1 aliphatic carbocycles. The molecule has 2 fully saturated rings. The third kappa shape index (κ3) is 2.29. The number of benzene rings is 1. The lowest BCUT2D eigenvalue weighted by molar-refractivity contribution is -0.136. The van der Waals surface area contributed by atoms with Gasteiger partial charge in [-0.15, -0.1) is 0 Å². The van der Waals surface area contributed by atoms with Crippen molar-refractivity contribution >= 4 is 11.6 Å². The highest BCUT2D eigenvalue weighted by atomic mass is 16.2. The molecule has 0 unspecified atom stereocenters. The Morgan fingerprint density at radius 2 is 1.85 bits per heavy atom. The fourth-order valence-corrected chi connectivity index (χ4v) is 3.06. The molecular formula is C16H23N3O. The van der Waals surface area contributed by atoms with Crippen LogP contribution in [0, 0.1) is 12.3 Å². The predicted molar refractivity (Wildman–Crippen MR) is 80.7 cm³/mol. The quantitative estimate of drug-likeness (QED) is 0.905. The summed E-state index contributed by atoms with van der Waals surface area (Å²) in [6.45, 7) is 6.10. The number of anilines is 1. The van der Waals surface area contributed by atoms with E-state index in [1.54, 1.807) is 0 Å². The van der Waals surface area contributed by atoms with Gasteiger partial charge >= 0.3 is 0 Å². The zero-order valence-electron chi connectivity index (χ0n) is 12.1. The molecule has 4 heteroatoms. The topological polar surface area (TPSA) is 49.6 Å². The van der Waals surface area contributed by atoms with Gasteiger partial charge in [-0.05, 0) is 31.4 Å². The highest BCUT2D eigenvalue weighted by molar-refractivity contribution is 5.86. The number of para-hydroxylation sites is 1. The van der Waals surface area contributed by atoms with Gasteiger partial charge in [0.25, 0.3) is 0 Å². The van der Waals surface area contributed by atoms with Crippen molar-refractivity contribution < 1.29 is 4.79 Å². The van der Waals surface area contributed by atoms with Crippen molar-refractivity contribution in [3.05, 3.63) is 29.8 Å². The Morgan fingerprint density at radius 1 is 1.20 bits per heavy atom. The standard InChI is InChI=1S/C16H23N3O/c1-13-4-2-3-5-14(13)18-8-10-19(11-9-18)15(20)16(12-17)6-7-16/h2-5H,6-12,17H2,1H3. The second kappa shape index (κ2) is 5.09. The first-order valence-corrected chi connectivity index (χ1v) is 7.46. The SMILES string of the molecule is Cc1ccccc1N1CCN(C(=O)C2(CN)CC2)CC1. The normalized spacial score (nSPS) is 20.9. The summed E-state index contributed by atoms with van der Waals surface area (Å²) >= 11 is 0. The van der Waals surface area contributed by atoms with E-state index in [2.05, 4.69) is 36.1 Å². The van der Waals surface area contributed by atoms with E-state index in [9.17, 15) is 4.79 Å². The highest BCUT2D eigenvalue weighted by Gasteiger charge is 2.50. The van der Waals surface area contributed by atoms with Crippen LogP contribution in [0.3, 0.4) is 0 Å². The Labute approximate surface area is 120 Å². The predicted octanol–water partition coefficient (Wildman–Crippen LogP) is 1.38. The Bertz CT molecular complexity index is 502. The maximum absolute atomic E-state index is 12.5. The van der Waals surface area contributed by atoms with Crippen LogP contribution in [0.4, 0.5) is 5.69 Å². The third-order valence-electron chi connectivity index (χ3n) is 4.72. The molecule has 0 bridgehead atoms. The number of carbonyl (C=O) groups excluding carboxylic acids is 1. The minimum absolute atomic E-state index is 0.204. The third-order valence-corrected chi connectivity index (χ3v) is 4.72. The summed E-state index contributed by atoms with van der Waals surface area (Å²) in [4.78, 5) is 16.8. The van der Waals surface area contributed by atoms with Crippen molar-refractivity contribution in [2.75, 3.05) is 37.6 Å². The lowest BCUT2D eigenvalue weighted by Gasteiger charge is -2.38. The van der Waals surface area contributed by atoms with Crippen LogP contribution in [0.5, 0.6) is 0 Å². The fraction of sp³-hybridized carbons (Fsp3) is 0.562. The van der Waals surface area contributed by atoms with Crippen molar-refractivity contribution in [2.45, 2.75) is 19.8 Å². The second-order valence-electron chi connectivity index (χ2n) is 6.05. The first-order chi connectivity index (χ1) is 9.66. The first-order valence-electron chi connectivity index (χ1n) is 7.46. The van der Waals surface area contributed by atoms with E-state index in [1.165, 1.54) is 11.3 Å².